The van der Waals surface area contributed by atoms with E-state index in [1.54, 1.807) is 0 Å². The molecule has 12 heavy (non-hydrogen) atoms. The molecule has 0 aromatic rings. The van der Waals surface area contributed by atoms with Gasteiger partial charge in [0.25, 0.3) is 0 Å². The maximum absolute atomic E-state index is 10.6. The first-order valence-electron chi connectivity index (χ1n) is 3.81. The summed E-state index contributed by atoms with van der Waals surface area (Å²) in [5.41, 5.74) is 0. The van der Waals surface area contributed by atoms with Crippen LogP contribution >= 0.6 is 11.8 Å². The van der Waals surface area contributed by atoms with Crippen LogP contribution in [0.4, 0.5) is 0 Å². The number of aliphatic carboxylic acids is 1. The Morgan fingerprint density at radius 3 is 2.17 bits per heavy atom. The van der Waals surface area contributed by atoms with Crippen molar-refractivity contribution in [1.82, 2.24) is 0 Å². The highest BCUT2D eigenvalue weighted by atomic mass is 32.2. The van der Waals surface area contributed by atoms with Gasteiger partial charge in [0.2, 0.25) is 0 Å². The lowest BCUT2D eigenvalue weighted by Crippen LogP contribution is -2.22. The number of carbonyl (C=O) groups is 2. The molecular weight excluding hydrogens is 176 g/mol. The molecule has 0 amide bonds. The Balaban J connectivity index is 3.97. The van der Waals surface area contributed by atoms with Crippen LogP contribution in [-0.4, -0.2) is 21.9 Å². The highest BCUT2D eigenvalue weighted by molar-refractivity contribution is 8.13. The van der Waals surface area contributed by atoms with Crippen LogP contribution in [0.15, 0.2) is 0 Å². The van der Waals surface area contributed by atoms with Gasteiger partial charge in [0.05, 0.1) is 5.92 Å². The Kier molecular flexibility index (Phi) is 4.97. The van der Waals surface area contributed by atoms with E-state index < -0.39 is 11.9 Å². The van der Waals surface area contributed by atoms with Crippen LogP contribution in [-0.2, 0) is 9.59 Å². The number of thioether (sulfide) groups is 1. The Morgan fingerprint density at radius 1 is 1.42 bits per heavy atom. The molecule has 1 N–H and O–H groups in total. The molecule has 0 aromatic heterocycles. The second-order valence-corrected chi connectivity index (χ2v) is 4.19. The van der Waals surface area contributed by atoms with Crippen molar-refractivity contribution in [3.05, 3.63) is 0 Å². The summed E-state index contributed by atoms with van der Waals surface area (Å²) < 4.78 is 0. The maximum Gasteiger partial charge on any atom is 0.307 e. The van der Waals surface area contributed by atoms with Gasteiger partial charge in [-0.2, -0.15) is 0 Å². The van der Waals surface area contributed by atoms with E-state index in [9.17, 15) is 9.59 Å². The van der Waals surface area contributed by atoms with E-state index in [1.807, 2.05) is 13.8 Å². The van der Waals surface area contributed by atoms with Crippen LogP contribution < -0.4 is 0 Å². The van der Waals surface area contributed by atoms with Gasteiger partial charge in [0, 0.05) is 12.7 Å². The number of rotatable bonds is 4. The summed E-state index contributed by atoms with van der Waals surface area (Å²) in [6.07, 6.45) is 0. The van der Waals surface area contributed by atoms with Gasteiger partial charge in [0.15, 0.2) is 5.12 Å². The second kappa shape index (κ2) is 5.19. The van der Waals surface area contributed by atoms with Crippen molar-refractivity contribution < 1.29 is 14.7 Å². The number of carboxylic acid groups (broad SMARTS) is 1. The zero-order valence-electron chi connectivity index (χ0n) is 7.53. The topological polar surface area (TPSA) is 54.4 Å². The molecular formula is C8H14O3S. The Bertz CT molecular complexity index is 177. The van der Waals surface area contributed by atoms with Crippen LogP contribution in [0, 0.1) is 11.8 Å². The summed E-state index contributed by atoms with van der Waals surface area (Å²) in [6.45, 7) is 5.14. The zero-order chi connectivity index (χ0) is 9.72. The molecule has 0 heterocycles. The summed E-state index contributed by atoms with van der Waals surface area (Å²) in [5.74, 6) is -0.783. The molecule has 1 atom stereocenters. The number of hydrogen-bond acceptors (Lipinski definition) is 3. The minimum Gasteiger partial charge on any atom is -0.481 e. The number of hydrogen-bond donors (Lipinski definition) is 1. The molecule has 0 radical (unpaired) electrons. The number of carbonyl (C=O) groups excluding carboxylic acids is 1. The molecule has 0 aliphatic heterocycles. The highest BCUT2D eigenvalue weighted by Gasteiger charge is 2.21. The Labute approximate surface area is 76.5 Å². The molecule has 0 unspecified atom stereocenters. The minimum absolute atomic E-state index is 0.0260. The summed E-state index contributed by atoms with van der Waals surface area (Å²) in [7, 11) is 0. The molecule has 0 fully saturated rings. The minimum atomic E-state index is -0.821. The van der Waals surface area contributed by atoms with Crippen molar-refractivity contribution in [2.75, 3.05) is 5.75 Å². The smallest absolute Gasteiger partial charge is 0.307 e. The predicted molar refractivity (Wildman–Crippen MR) is 49.1 cm³/mol. The van der Waals surface area contributed by atoms with E-state index >= 15 is 0 Å². The van der Waals surface area contributed by atoms with Gasteiger partial charge in [-0.1, -0.05) is 25.6 Å². The first-order valence-corrected chi connectivity index (χ1v) is 4.80. The van der Waals surface area contributed by atoms with E-state index in [0.717, 1.165) is 11.8 Å². The van der Waals surface area contributed by atoms with Crippen LogP contribution in [0.25, 0.3) is 0 Å². The van der Waals surface area contributed by atoms with Crippen molar-refractivity contribution in [1.29, 1.82) is 0 Å². The van der Waals surface area contributed by atoms with Crippen LogP contribution in [0.1, 0.15) is 20.8 Å². The largest absolute Gasteiger partial charge is 0.481 e. The zero-order valence-corrected chi connectivity index (χ0v) is 8.35. The lowest BCUT2D eigenvalue weighted by atomic mass is 9.98. The molecule has 0 bridgehead atoms. The van der Waals surface area contributed by atoms with Gasteiger partial charge in [-0.15, -0.1) is 0 Å². The first-order chi connectivity index (χ1) is 5.45. The fourth-order valence-corrected chi connectivity index (χ4v) is 1.70. The molecule has 0 spiro atoms. The average molecular weight is 190 g/mol. The third-order valence-electron chi connectivity index (χ3n) is 1.59. The van der Waals surface area contributed by atoms with Gasteiger partial charge in [-0.3, -0.25) is 9.59 Å². The molecule has 70 valence electrons. The predicted octanol–water partition coefficient (Wildman–Crippen LogP) is 1.62. The van der Waals surface area contributed by atoms with Crippen molar-refractivity contribution in [3.8, 4) is 0 Å². The van der Waals surface area contributed by atoms with Crippen molar-refractivity contribution in [3.63, 3.8) is 0 Å². The second-order valence-electron chi connectivity index (χ2n) is 2.99. The molecule has 3 nitrogen and oxygen atoms in total. The van der Waals surface area contributed by atoms with Crippen molar-refractivity contribution >= 4 is 22.8 Å². The quantitative estimate of drug-likeness (QED) is 0.732. The normalized spacial score (nSPS) is 13.0. The maximum atomic E-state index is 10.6. The molecule has 0 saturated heterocycles. The van der Waals surface area contributed by atoms with E-state index in [1.165, 1.54) is 6.92 Å². The van der Waals surface area contributed by atoms with E-state index in [2.05, 4.69) is 0 Å². The third-order valence-corrected chi connectivity index (χ3v) is 2.52. The molecule has 0 aliphatic rings. The monoisotopic (exact) mass is 190 g/mol. The highest BCUT2D eigenvalue weighted by Crippen LogP contribution is 2.17. The summed E-state index contributed by atoms with van der Waals surface area (Å²) in [6, 6.07) is 0. The molecule has 0 aliphatic carbocycles. The van der Waals surface area contributed by atoms with Gasteiger partial charge in [-0.25, -0.2) is 0 Å². The van der Waals surface area contributed by atoms with E-state index in [4.69, 9.17) is 5.11 Å². The van der Waals surface area contributed by atoms with Gasteiger partial charge in [0.1, 0.15) is 0 Å². The average Bonchev–Trinajstić information content (AvgIpc) is 1.84. The van der Waals surface area contributed by atoms with E-state index in [0.29, 0.717) is 5.75 Å². The van der Waals surface area contributed by atoms with E-state index in [-0.39, 0.29) is 11.0 Å². The fourth-order valence-electron chi connectivity index (χ4n) is 0.756. The molecule has 4 heteroatoms. The van der Waals surface area contributed by atoms with Crippen LogP contribution in [0.2, 0.25) is 0 Å². The lowest BCUT2D eigenvalue weighted by molar-refractivity contribution is -0.142. The van der Waals surface area contributed by atoms with Gasteiger partial charge in [-0.05, 0) is 5.92 Å². The first kappa shape index (κ1) is 11.5. The van der Waals surface area contributed by atoms with Gasteiger partial charge < -0.3 is 5.11 Å². The van der Waals surface area contributed by atoms with Crippen molar-refractivity contribution in [2.45, 2.75) is 20.8 Å². The fraction of sp³-hybridized carbons (Fsp3) is 0.750. The standard InChI is InChI=1S/C8H14O3S/c1-5(2)7(8(10)11)4-12-6(3)9/h5,7H,4H2,1-3H3,(H,10,11)/t7-/m0/s1. The number of carboxylic acids is 1. The Hall–Kier alpha value is -0.510. The lowest BCUT2D eigenvalue weighted by Gasteiger charge is -2.14. The third kappa shape index (κ3) is 4.38. The van der Waals surface area contributed by atoms with Crippen molar-refractivity contribution in [2.24, 2.45) is 11.8 Å². The summed E-state index contributed by atoms with van der Waals surface area (Å²) in [5, 5.41) is 8.71. The van der Waals surface area contributed by atoms with Gasteiger partial charge >= 0.3 is 5.97 Å². The van der Waals surface area contributed by atoms with Crippen LogP contribution in [0.5, 0.6) is 0 Å². The summed E-state index contributed by atoms with van der Waals surface area (Å²) in [4.78, 5) is 21.2. The molecule has 0 aromatic carbocycles. The van der Waals surface area contributed by atoms with Crippen LogP contribution in [0.3, 0.4) is 0 Å². The summed E-state index contributed by atoms with van der Waals surface area (Å²) >= 11 is 1.08. The Morgan fingerprint density at radius 2 is 1.92 bits per heavy atom. The SMILES string of the molecule is CC(=O)SC[C@H](C(=O)O)C(C)C. The molecule has 0 rings (SSSR count). The molecule has 0 saturated carbocycles.